The Hall–Kier alpha value is -1.34. The number of benzene rings is 1. The Bertz CT molecular complexity index is 533. The van der Waals surface area contributed by atoms with Crippen LogP contribution in [0, 0.1) is 0 Å². The molecule has 0 heterocycles. The summed E-state index contributed by atoms with van der Waals surface area (Å²) in [5.74, 6) is -0.282. The topological polar surface area (TPSA) is 60.2 Å². The van der Waals surface area contributed by atoms with Crippen molar-refractivity contribution in [3.05, 3.63) is 41.5 Å². The lowest BCUT2D eigenvalue weighted by Gasteiger charge is -2.05. The number of alkyl halides is 3. The third-order valence-electron chi connectivity index (χ3n) is 2.33. The smallest absolute Gasteiger partial charge is 0.329 e. The summed E-state index contributed by atoms with van der Waals surface area (Å²) in [6, 6.07) is 4.48. The first kappa shape index (κ1) is 15.7. The van der Waals surface area contributed by atoms with Crippen LogP contribution in [0.5, 0.6) is 0 Å². The van der Waals surface area contributed by atoms with Crippen LogP contribution in [0.2, 0.25) is 0 Å². The van der Waals surface area contributed by atoms with Gasteiger partial charge in [0.2, 0.25) is 0 Å². The van der Waals surface area contributed by atoms with Gasteiger partial charge < -0.3 is 5.73 Å². The highest BCUT2D eigenvalue weighted by molar-refractivity contribution is 7.91. The van der Waals surface area contributed by atoms with Crippen LogP contribution in [0.4, 0.5) is 13.2 Å². The number of rotatable bonds is 5. The van der Waals surface area contributed by atoms with E-state index >= 15 is 0 Å². The highest BCUT2D eigenvalue weighted by atomic mass is 32.2. The predicted molar refractivity (Wildman–Crippen MR) is 68.2 cm³/mol. The van der Waals surface area contributed by atoms with Crippen molar-refractivity contribution in [2.75, 3.05) is 18.1 Å². The second-order valence-corrected chi connectivity index (χ2v) is 6.15. The molecule has 0 amide bonds. The monoisotopic (exact) mass is 293 g/mol. The van der Waals surface area contributed by atoms with Crippen LogP contribution >= 0.6 is 0 Å². The molecular weight excluding hydrogens is 279 g/mol. The van der Waals surface area contributed by atoms with Crippen LogP contribution in [0.1, 0.15) is 11.1 Å². The lowest BCUT2D eigenvalue weighted by molar-refractivity contribution is -0.137. The molecule has 0 saturated heterocycles. The highest BCUT2D eigenvalue weighted by Gasteiger charge is 2.29. The van der Waals surface area contributed by atoms with Crippen LogP contribution < -0.4 is 5.73 Å². The van der Waals surface area contributed by atoms with Crippen molar-refractivity contribution in [2.24, 2.45) is 5.73 Å². The Morgan fingerprint density at radius 1 is 1.16 bits per heavy atom. The van der Waals surface area contributed by atoms with Crippen molar-refractivity contribution in [3.63, 3.8) is 0 Å². The molecule has 0 atom stereocenters. The van der Waals surface area contributed by atoms with Gasteiger partial charge in [0.25, 0.3) is 0 Å². The van der Waals surface area contributed by atoms with Gasteiger partial charge in [-0.2, -0.15) is 13.2 Å². The van der Waals surface area contributed by atoms with E-state index in [2.05, 4.69) is 0 Å². The fraction of sp³-hybridized carbons (Fsp3) is 0.333. The summed E-state index contributed by atoms with van der Waals surface area (Å²) in [7, 11) is -3.23. The molecule has 0 aliphatic heterocycles. The molecule has 1 aromatic rings. The van der Waals surface area contributed by atoms with Crippen LogP contribution in [-0.2, 0) is 16.0 Å². The first-order valence-electron chi connectivity index (χ1n) is 5.49. The molecule has 0 spiro atoms. The molecule has 7 heteroatoms. The van der Waals surface area contributed by atoms with E-state index in [0.29, 0.717) is 5.56 Å². The second kappa shape index (κ2) is 6.21. The molecule has 0 unspecified atom stereocenters. The third kappa shape index (κ3) is 5.44. The zero-order valence-electron chi connectivity index (χ0n) is 10.0. The molecule has 0 aromatic heterocycles. The minimum Gasteiger partial charge on any atom is -0.329 e. The minimum atomic E-state index is -4.37. The van der Waals surface area contributed by atoms with Gasteiger partial charge in [0.05, 0.1) is 17.1 Å². The number of halogens is 3. The summed E-state index contributed by atoms with van der Waals surface area (Å²) in [6.45, 7) is 0.0520. The summed E-state index contributed by atoms with van der Waals surface area (Å²) in [6.07, 6.45) is -1.51. The van der Waals surface area contributed by atoms with Crippen molar-refractivity contribution < 1.29 is 21.6 Å². The minimum absolute atomic E-state index is 0.0520. The molecule has 0 radical (unpaired) electrons. The number of sulfone groups is 1. The van der Waals surface area contributed by atoms with Crippen molar-refractivity contribution >= 4 is 15.9 Å². The van der Waals surface area contributed by atoms with Crippen LogP contribution in [0.3, 0.4) is 0 Å². The number of hydrogen-bond donors (Lipinski definition) is 1. The SMILES string of the molecule is NCCS(=O)(=O)CC=Cc1ccc(C(F)(F)F)cc1. The Kier molecular flexibility index (Phi) is 5.13. The molecule has 0 bridgehead atoms. The maximum Gasteiger partial charge on any atom is 0.416 e. The number of nitrogens with two attached hydrogens (primary N) is 1. The lowest BCUT2D eigenvalue weighted by atomic mass is 10.1. The van der Waals surface area contributed by atoms with E-state index in [4.69, 9.17) is 5.73 Å². The molecular formula is C12H14F3NO2S. The first-order valence-corrected chi connectivity index (χ1v) is 7.31. The van der Waals surface area contributed by atoms with Gasteiger partial charge in [-0.15, -0.1) is 0 Å². The largest absolute Gasteiger partial charge is 0.416 e. The number of hydrogen-bond acceptors (Lipinski definition) is 3. The second-order valence-electron chi connectivity index (χ2n) is 3.93. The Morgan fingerprint density at radius 2 is 1.74 bits per heavy atom. The molecule has 3 nitrogen and oxygen atoms in total. The van der Waals surface area contributed by atoms with E-state index in [1.165, 1.54) is 24.3 Å². The van der Waals surface area contributed by atoms with Gasteiger partial charge in [0.15, 0.2) is 9.84 Å². The first-order chi connectivity index (χ1) is 8.74. The van der Waals surface area contributed by atoms with Gasteiger partial charge in [0, 0.05) is 6.54 Å². The quantitative estimate of drug-likeness (QED) is 0.904. The van der Waals surface area contributed by atoms with Gasteiger partial charge in [-0.3, -0.25) is 0 Å². The van der Waals surface area contributed by atoms with Gasteiger partial charge in [-0.05, 0) is 17.7 Å². The normalized spacial score (nSPS) is 13.1. The van der Waals surface area contributed by atoms with Gasteiger partial charge in [0.1, 0.15) is 0 Å². The predicted octanol–water partition coefficient (Wildman–Crippen LogP) is 2.09. The summed E-state index contributed by atoms with van der Waals surface area (Å²) in [5.41, 5.74) is 4.92. The van der Waals surface area contributed by atoms with Crippen LogP contribution in [0.25, 0.3) is 6.08 Å². The highest BCUT2D eigenvalue weighted by Crippen LogP contribution is 2.29. The van der Waals surface area contributed by atoms with E-state index in [-0.39, 0.29) is 18.1 Å². The maximum atomic E-state index is 12.3. The van der Waals surface area contributed by atoms with Crippen molar-refractivity contribution in [3.8, 4) is 0 Å². The average Bonchev–Trinajstić information content (AvgIpc) is 2.28. The van der Waals surface area contributed by atoms with Gasteiger partial charge in [-0.25, -0.2) is 8.42 Å². The van der Waals surface area contributed by atoms with E-state index < -0.39 is 21.6 Å². The molecule has 0 aliphatic rings. The van der Waals surface area contributed by atoms with E-state index in [1.807, 2.05) is 0 Å². The molecule has 19 heavy (non-hydrogen) atoms. The summed E-state index contributed by atoms with van der Waals surface area (Å²) >= 11 is 0. The van der Waals surface area contributed by atoms with Crippen molar-refractivity contribution in [1.82, 2.24) is 0 Å². The van der Waals surface area contributed by atoms with E-state index in [9.17, 15) is 21.6 Å². The Labute approximate surface area is 109 Å². The fourth-order valence-corrected chi connectivity index (χ4v) is 2.29. The summed E-state index contributed by atoms with van der Waals surface area (Å²) < 4.78 is 59.6. The van der Waals surface area contributed by atoms with Crippen LogP contribution in [-0.4, -0.2) is 26.5 Å². The van der Waals surface area contributed by atoms with Crippen molar-refractivity contribution in [1.29, 1.82) is 0 Å². The summed E-state index contributed by atoms with van der Waals surface area (Å²) in [4.78, 5) is 0. The standard InChI is InChI=1S/C12H14F3NO2S/c13-12(14,15)11-5-3-10(4-6-11)2-1-8-19(17,18)9-7-16/h1-6H,7-9,16H2. The maximum absolute atomic E-state index is 12.3. The van der Waals surface area contributed by atoms with Gasteiger partial charge in [-0.1, -0.05) is 24.3 Å². The molecule has 1 aromatic carbocycles. The molecule has 0 fully saturated rings. The molecule has 2 N–H and O–H groups in total. The fourth-order valence-electron chi connectivity index (χ4n) is 1.38. The molecule has 0 saturated carbocycles. The lowest BCUT2D eigenvalue weighted by Crippen LogP contribution is -2.17. The van der Waals surface area contributed by atoms with Gasteiger partial charge >= 0.3 is 6.18 Å². The van der Waals surface area contributed by atoms with E-state index in [1.54, 1.807) is 0 Å². The Balaban J connectivity index is 2.69. The zero-order valence-corrected chi connectivity index (χ0v) is 10.8. The Morgan fingerprint density at radius 3 is 2.21 bits per heavy atom. The third-order valence-corrected chi connectivity index (χ3v) is 3.89. The van der Waals surface area contributed by atoms with Crippen LogP contribution in [0.15, 0.2) is 30.3 Å². The van der Waals surface area contributed by atoms with Crippen molar-refractivity contribution in [2.45, 2.75) is 6.18 Å². The average molecular weight is 293 g/mol. The molecule has 106 valence electrons. The molecule has 1 rings (SSSR count). The summed E-state index contributed by atoms with van der Waals surface area (Å²) in [5, 5.41) is 0. The zero-order chi connectivity index (χ0) is 14.5. The van der Waals surface area contributed by atoms with E-state index in [0.717, 1.165) is 12.1 Å². The molecule has 0 aliphatic carbocycles.